The van der Waals surface area contributed by atoms with Crippen molar-refractivity contribution in [3.05, 3.63) is 6.33 Å². The minimum absolute atomic E-state index is 0.565. The van der Waals surface area contributed by atoms with E-state index in [4.69, 9.17) is 5.73 Å². The highest BCUT2D eigenvalue weighted by Crippen LogP contribution is 2.29. The minimum atomic E-state index is 0.565. The van der Waals surface area contributed by atoms with Gasteiger partial charge in [-0.1, -0.05) is 27.7 Å². The Kier molecular flexibility index (Phi) is 6.72. The number of nitrogens with two attached hydrogens (primary N) is 1. The van der Waals surface area contributed by atoms with Crippen LogP contribution in [-0.2, 0) is 0 Å². The zero-order valence-corrected chi connectivity index (χ0v) is 14.4. The Bertz CT molecular complexity index is 417. The van der Waals surface area contributed by atoms with Gasteiger partial charge in [-0.25, -0.2) is 9.97 Å². The summed E-state index contributed by atoms with van der Waals surface area (Å²) in [5, 5.41) is 0. The molecule has 0 saturated carbocycles. The van der Waals surface area contributed by atoms with Crippen molar-refractivity contribution in [3.8, 4) is 0 Å². The number of aromatic nitrogens is 2. The van der Waals surface area contributed by atoms with Crippen molar-refractivity contribution < 1.29 is 0 Å². The first-order valence-electron chi connectivity index (χ1n) is 8.00. The Hall–Kier alpha value is -1.52. The number of hydrogen-bond donors (Lipinski definition) is 1. The second-order valence-corrected chi connectivity index (χ2v) is 6.30. The normalized spacial score (nSPS) is 11.2. The average Bonchev–Trinajstić information content (AvgIpc) is 2.40. The molecule has 1 aromatic rings. The second kappa shape index (κ2) is 8.05. The smallest absolute Gasteiger partial charge is 0.157 e. The summed E-state index contributed by atoms with van der Waals surface area (Å²) in [5.41, 5.74) is 7.08. The molecule has 0 saturated heterocycles. The standard InChI is InChI=1S/C16H31N5/c1-7-20(8-2)15-14(17)16(19-11-18-15)21(9-12(3)4)10-13(5)6/h11-13H,7-10,17H2,1-6H3. The summed E-state index contributed by atoms with van der Waals surface area (Å²) in [6, 6.07) is 0. The molecule has 2 N–H and O–H groups in total. The van der Waals surface area contributed by atoms with Crippen LogP contribution in [0.3, 0.4) is 0 Å². The van der Waals surface area contributed by atoms with Crippen LogP contribution in [0.25, 0.3) is 0 Å². The third-order valence-corrected chi connectivity index (χ3v) is 3.38. The quantitative estimate of drug-likeness (QED) is 0.798. The molecule has 0 aromatic carbocycles. The van der Waals surface area contributed by atoms with E-state index in [1.54, 1.807) is 6.33 Å². The van der Waals surface area contributed by atoms with Crippen LogP contribution >= 0.6 is 0 Å². The number of anilines is 3. The molecular formula is C16H31N5. The SMILES string of the molecule is CCN(CC)c1ncnc(N(CC(C)C)CC(C)C)c1N. The van der Waals surface area contributed by atoms with Gasteiger partial charge in [0.1, 0.15) is 12.0 Å². The van der Waals surface area contributed by atoms with Crippen molar-refractivity contribution in [3.63, 3.8) is 0 Å². The van der Waals surface area contributed by atoms with Gasteiger partial charge < -0.3 is 15.5 Å². The topological polar surface area (TPSA) is 58.3 Å². The van der Waals surface area contributed by atoms with Crippen LogP contribution in [0.4, 0.5) is 17.3 Å². The van der Waals surface area contributed by atoms with Gasteiger partial charge in [0.15, 0.2) is 11.6 Å². The van der Waals surface area contributed by atoms with Crippen LogP contribution in [0.1, 0.15) is 41.5 Å². The van der Waals surface area contributed by atoms with E-state index in [1.165, 1.54) is 0 Å². The maximum absolute atomic E-state index is 6.38. The molecule has 0 aliphatic carbocycles. The van der Waals surface area contributed by atoms with E-state index < -0.39 is 0 Å². The van der Waals surface area contributed by atoms with Gasteiger partial charge in [-0.2, -0.15) is 0 Å². The predicted molar refractivity (Wildman–Crippen MR) is 91.9 cm³/mol. The molecule has 5 nitrogen and oxygen atoms in total. The van der Waals surface area contributed by atoms with E-state index >= 15 is 0 Å². The maximum atomic E-state index is 6.38. The number of nitrogens with zero attached hydrogens (tertiary/aromatic N) is 4. The van der Waals surface area contributed by atoms with Crippen LogP contribution in [0, 0.1) is 11.8 Å². The summed E-state index contributed by atoms with van der Waals surface area (Å²) in [6.45, 7) is 16.8. The largest absolute Gasteiger partial charge is 0.393 e. The third-order valence-electron chi connectivity index (χ3n) is 3.38. The van der Waals surface area contributed by atoms with E-state index in [1.807, 2.05) is 0 Å². The molecule has 120 valence electrons. The molecule has 0 spiro atoms. The molecule has 0 bridgehead atoms. The van der Waals surface area contributed by atoms with Gasteiger partial charge in [0.05, 0.1) is 0 Å². The zero-order valence-electron chi connectivity index (χ0n) is 14.4. The lowest BCUT2D eigenvalue weighted by Gasteiger charge is -2.30. The Morgan fingerprint density at radius 1 is 0.905 bits per heavy atom. The summed E-state index contributed by atoms with van der Waals surface area (Å²) in [4.78, 5) is 13.3. The van der Waals surface area contributed by atoms with E-state index in [0.717, 1.165) is 37.8 Å². The highest BCUT2D eigenvalue weighted by Gasteiger charge is 2.19. The highest BCUT2D eigenvalue weighted by molar-refractivity contribution is 5.75. The molecule has 0 aliphatic rings. The summed E-state index contributed by atoms with van der Waals surface area (Å²) in [5.74, 6) is 2.85. The first-order valence-corrected chi connectivity index (χ1v) is 8.00. The molecular weight excluding hydrogens is 262 g/mol. The highest BCUT2D eigenvalue weighted by atomic mass is 15.2. The van der Waals surface area contributed by atoms with Gasteiger partial charge in [-0.05, 0) is 25.7 Å². The van der Waals surface area contributed by atoms with Crippen LogP contribution in [0.15, 0.2) is 6.33 Å². The number of rotatable bonds is 8. The predicted octanol–water partition coefficient (Wildman–Crippen LogP) is 3.02. The van der Waals surface area contributed by atoms with Crippen LogP contribution in [-0.4, -0.2) is 36.1 Å². The fourth-order valence-electron chi connectivity index (χ4n) is 2.53. The lowest BCUT2D eigenvalue weighted by Crippen LogP contribution is -2.33. The third kappa shape index (κ3) is 4.76. The van der Waals surface area contributed by atoms with Gasteiger partial charge in [-0.15, -0.1) is 0 Å². The van der Waals surface area contributed by atoms with Crippen molar-refractivity contribution in [1.29, 1.82) is 0 Å². The lowest BCUT2D eigenvalue weighted by molar-refractivity contribution is 0.549. The van der Waals surface area contributed by atoms with E-state index in [-0.39, 0.29) is 0 Å². The van der Waals surface area contributed by atoms with Crippen LogP contribution in [0.2, 0.25) is 0 Å². The first kappa shape index (κ1) is 17.5. The first-order chi connectivity index (χ1) is 9.90. The summed E-state index contributed by atoms with van der Waals surface area (Å²) in [7, 11) is 0. The minimum Gasteiger partial charge on any atom is -0.393 e. The molecule has 0 radical (unpaired) electrons. The average molecular weight is 293 g/mol. The Balaban J connectivity index is 3.16. The molecule has 0 fully saturated rings. The van der Waals surface area contributed by atoms with Gasteiger partial charge >= 0.3 is 0 Å². The molecule has 5 heteroatoms. The number of hydrogen-bond acceptors (Lipinski definition) is 5. The second-order valence-electron chi connectivity index (χ2n) is 6.30. The fourth-order valence-corrected chi connectivity index (χ4v) is 2.53. The summed E-state index contributed by atoms with van der Waals surface area (Å²) < 4.78 is 0. The van der Waals surface area contributed by atoms with Crippen molar-refractivity contribution in [2.75, 3.05) is 41.7 Å². The lowest BCUT2D eigenvalue weighted by atomic mass is 10.1. The Labute approximate surface area is 129 Å². The maximum Gasteiger partial charge on any atom is 0.157 e. The Morgan fingerprint density at radius 2 is 1.33 bits per heavy atom. The van der Waals surface area contributed by atoms with Crippen molar-refractivity contribution >= 4 is 17.3 Å². The van der Waals surface area contributed by atoms with Crippen LogP contribution < -0.4 is 15.5 Å². The Morgan fingerprint density at radius 3 is 1.71 bits per heavy atom. The molecule has 0 unspecified atom stereocenters. The number of nitrogen functional groups attached to an aromatic ring is 1. The van der Waals surface area contributed by atoms with E-state index in [2.05, 4.69) is 61.3 Å². The molecule has 0 atom stereocenters. The van der Waals surface area contributed by atoms with Gasteiger partial charge in [-0.3, -0.25) is 0 Å². The molecule has 0 amide bonds. The van der Waals surface area contributed by atoms with Gasteiger partial charge in [0.2, 0.25) is 0 Å². The monoisotopic (exact) mass is 293 g/mol. The zero-order chi connectivity index (χ0) is 16.0. The molecule has 1 aromatic heterocycles. The fraction of sp³-hybridized carbons (Fsp3) is 0.750. The summed E-state index contributed by atoms with van der Waals surface area (Å²) >= 11 is 0. The van der Waals surface area contributed by atoms with E-state index in [0.29, 0.717) is 17.5 Å². The molecule has 1 rings (SSSR count). The van der Waals surface area contributed by atoms with Crippen molar-refractivity contribution in [2.45, 2.75) is 41.5 Å². The summed E-state index contributed by atoms with van der Waals surface area (Å²) in [6.07, 6.45) is 1.63. The van der Waals surface area contributed by atoms with Crippen molar-refractivity contribution in [2.24, 2.45) is 11.8 Å². The van der Waals surface area contributed by atoms with Crippen molar-refractivity contribution in [1.82, 2.24) is 9.97 Å². The molecule has 21 heavy (non-hydrogen) atoms. The molecule has 1 heterocycles. The van der Waals surface area contributed by atoms with Gasteiger partial charge in [0.25, 0.3) is 0 Å². The van der Waals surface area contributed by atoms with Gasteiger partial charge in [0, 0.05) is 26.2 Å². The molecule has 0 aliphatic heterocycles. The van der Waals surface area contributed by atoms with Crippen LogP contribution in [0.5, 0.6) is 0 Å². The van der Waals surface area contributed by atoms with E-state index in [9.17, 15) is 0 Å².